The van der Waals surface area contributed by atoms with Gasteiger partial charge in [-0.3, -0.25) is 4.79 Å². The lowest BCUT2D eigenvalue weighted by Gasteiger charge is -2.24. The van der Waals surface area contributed by atoms with E-state index < -0.39 is 0 Å². The molecule has 1 aromatic carbocycles. The largest absolute Gasteiger partial charge is 0.497 e. The summed E-state index contributed by atoms with van der Waals surface area (Å²) in [5, 5.41) is 16.2. The highest BCUT2D eigenvalue weighted by molar-refractivity contribution is 5.85. The van der Waals surface area contributed by atoms with E-state index >= 15 is 0 Å². The minimum atomic E-state index is -0.351. The molecule has 1 aliphatic rings. The second-order valence-corrected chi connectivity index (χ2v) is 6.07. The molecule has 0 spiro atoms. The van der Waals surface area contributed by atoms with Crippen LogP contribution in [-0.4, -0.2) is 59.6 Å². The summed E-state index contributed by atoms with van der Waals surface area (Å²) < 4.78 is 10.4. The number of piperidine rings is 1. The Hall–Kier alpha value is -3.17. The first-order chi connectivity index (χ1) is 13.2. The maximum absolute atomic E-state index is 12.0. The van der Waals surface area contributed by atoms with Crippen LogP contribution in [0.15, 0.2) is 23.3 Å². The second kappa shape index (κ2) is 8.97. The van der Waals surface area contributed by atoms with Crippen LogP contribution < -0.4 is 19.8 Å². The van der Waals surface area contributed by atoms with Crippen molar-refractivity contribution in [2.24, 2.45) is 5.10 Å². The Morgan fingerprint density at radius 1 is 1.26 bits per heavy atom. The molecular formula is C17H23N7O3. The first kappa shape index (κ1) is 18.6. The van der Waals surface area contributed by atoms with Gasteiger partial charge in [-0.2, -0.15) is 9.90 Å². The predicted octanol–water partition coefficient (Wildman–Crippen LogP) is 0.831. The zero-order valence-electron chi connectivity index (χ0n) is 15.5. The van der Waals surface area contributed by atoms with Gasteiger partial charge in [0.25, 0.3) is 11.9 Å². The van der Waals surface area contributed by atoms with E-state index in [1.807, 2.05) is 0 Å². The third kappa shape index (κ3) is 4.93. The van der Waals surface area contributed by atoms with Gasteiger partial charge in [0.15, 0.2) is 0 Å². The fourth-order valence-electron chi connectivity index (χ4n) is 2.80. The summed E-state index contributed by atoms with van der Waals surface area (Å²) >= 11 is 0. The molecule has 0 saturated carbocycles. The van der Waals surface area contributed by atoms with Crippen LogP contribution in [0.5, 0.6) is 11.5 Å². The smallest absolute Gasteiger partial charge is 0.266 e. The first-order valence-corrected chi connectivity index (χ1v) is 8.76. The normalized spacial score (nSPS) is 14.4. The van der Waals surface area contributed by atoms with E-state index in [1.165, 1.54) is 17.4 Å². The molecule has 1 saturated heterocycles. The van der Waals surface area contributed by atoms with Gasteiger partial charge >= 0.3 is 0 Å². The summed E-state index contributed by atoms with van der Waals surface area (Å²) in [5.41, 5.74) is 3.13. The quantitative estimate of drug-likeness (QED) is 0.566. The maximum Gasteiger partial charge on any atom is 0.266 e. The third-order valence-corrected chi connectivity index (χ3v) is 4.20. The van der Waals surface area contributed by atoms with Gasteiger partial charge in [0.1, 0.15) is 18.0 Å². The van der Waals surface area contributed by atoms with Crippen LogP contribution in [0.25, 0.3) is 0 Å². The van der Waals surface area contributed by atoms with Crippen molar-refractivity contribution in [3.05, 3.63) is 23.8 Å². The van der Waals surface area contributed by atoms with Gasteiger partial charge in [-0.1, -0.05) is 5.10 Å². The van der Waals surface area contributed by atoms with Crippen molar-refractivity contribution in [1.29, 1.82) is 0 Å². The molecule has 2 heterocycles. The average Bonchev–Trinajstić information content (AvgIpc) is 3.17. The zero-order chi connectivity index (χ0) is 19.1. The standard InChI is InChI=1S/C17H23N7O3/c1-26-14-6-7-15(27-2)13(10-14)11-18-19-16(25)12-24-21-17(20-22-24)23-8-4-3-5-9-23/h6-7,10-11H,3-5,8-9,12H2,1-2H3,(H,19,25)/b18-11+. The van der Waals surface area contributed by atoms with Gasteiger partial charge < -0.3 is 14.4 Å². The number of hydrazone groups is 1. The number of rotatable bonds is 7. The molecule has 144 valence electrons. The molecule has 1 fully saturated rings. The number of nitrogens with zero attached hydrogens (tertiary/aromatic N) is 6. The Kier molecular flexibility index (Phi) is 6.18. The Balaban J connectivity index is 1.55. The number of benzene rings is 1. The van der Waals surface area contributed by atoms with Crippen LogP contribution >= 0.6 is 0 Å². The van der Waals surface area contributed by atoms with Crippen molar-refractivity contribution in [3.8, 4) is 11.5 Å². The molecule has 0 atom stereocenters. The summed E-state index contributed by atoms with van der Waals surface area (Å²) in [7, 11) is 3.14. The van der Waals surface area contributed by atoms with E-state index in [0.717, 1.165) is 25.9 Å². The molecule has 10 nitrogen and oxygen atoms in total. The summed E-state index contributed by atoms with van der Waals surface area (Å²) in [5.74, 6) is 1.50. The highest BCUT2D eigenvalue weighted by atomic mass is 16.5. The molecule has 10 heteroatoms. The third-order valence-electron chi connectivity index (χ3n) is 4.20. The number of hydrogen-bond donors (Lipinski definition) is 1. The number of nitrogens with one attached hydrogen (secondary N) is 1. The molecule has 0 unspecified atom stereocenters. The number of ether oxygens (including phenoxy) is 2. The lowest BCUT2D eigenvalue weighted by atomic mass is 10.1. The maximum atomic E-state index is 12.0. The Morgan fingerprint density at radius 3 is 2.81 bits per heavy atom. The van der Waals surface area contributed by atoms with Crippen LogP contribution in [0.4, 0.5) is 5.95 Å². The molecular weight excluding hydrogens is 350 g/mol. The minimum absolute atomic E-state index is 0.0621. The molecule has 2 aromatic rings. The number of hydrogen-bond acceptors (Lipinski definition) is 8. The van der Waals surface area contributed by atoms with E-state index in [-0.39, 0.29) is 12.5 Å². The van der Waals surface area contributed by atoms with Crippen LogP contribution in [0.2, 0.25) is 0 Å². The van der Waals surface area contributed by atoms with E-state index in [4.69, 9.17) is 9.47 Å². The number of tetrazole rings is 1. The topological polar surface area (TPSA) is 107 Å². The van der Waals surface area contributed by atoms with Crippen molar-refractivity contribution in [3.63, 3.8) is 0 Å². The van der Waals surface area contributed by atoms with Gasteiger partial charge in [-0.25, -0.2) is 5.43 Å². The Morgan fingerprint density at radius 2 is 2.07 bits per heavy atom. The van der Waals surface area contributed by atoms with Crippen molar-refractivity contribution >= 4 is 18.1 Å². The van der Waals surface area contributed by atoms with E-state index in [0.29, 0.717) is 23.0 Å². The SMILES string of the molecule is COc1ccc(OC)c(/C=N/NC(=O)Cn2nnc(N3CCCCC3)n2)c1. The van der Waals surface area contributed by atoms with E-state index in [1.54, 1.807) is 32.4 Å². The Labute approximate surface area is 157 Å². The fraction of sp³-hybridized carbons (Fsp3) is 0.471. The summed E-state index contributed by atoms with van der Waals surface area (Å²) in [6.07, 6.45) is 4.96. The van der Waals surface area contributed by atoms with E-state index in [9.17, 15) is 4.79 Å². The predicted molar refractivity (Wildman–Crippen MR) is 99.2 cm³/mol. The lowest BCUT2D eigenvalue weighted by Crippen LogP contribution is -2.30. The minimum Gasteiger partial charge on any atom is -0.497 e. The highest BCUT2D eigenvalue weighted by Crippen LogP contribution is 2.22. The monoisotopic (exact) mass is 373 g/mol. The Bertz CT molecular complexity index is 800. The number of carbonyl (C=O) groups is 1. The van der Waals surface area contributed by atoms with Gasteiger partial charge in [-0.05, 0) is 42.7 Å². The number of amides is 1. The van der Waals surface area contributed by atoms with E-state index in [2.05, 4.69) is 30.8 Å². The molecule has 1 aliphatic heterocycles. The van der Waals surface area contributed by atoms with Crippen LogP contribution in [0.1, 0.15) is 24.8 Å². The van der Waals surface area contributed by atoms with Crippen LogP contribution in [-0.2, 0) is 11.3 Å². The molecule has 1 amide bonds. The molecule has 27 heavy (non-hydrogen) atoms. The molecule has 1 aromatic heterocycles. The molecule has 3 rings (SSSR count). The van der Waals surface area contributed by atoms with Gasteiger partial charge in [-0.15, -0.1) is 5.10 Å². The number of anilines is 1. The van der Waals surface area contributed by atoms with Crippen LogP contribution in [0.3, 0.4) is 0 Å². The van der Waals surface area contributed by atoms with Gasteiger partial charge in [0.05, 0.1) is 20.4 Å². The van der Waals surface area contributed by atoms with Crippen molar-refractivity contribution < 1.29 is 14.3 Å². The zero-order valence-corrected chi connectivity index (χ0v) is 15.5. The first-order valence-electron chi connectivity index (χ1n) is 8.76. The average molecular weight is 373 g/mol. The second-order valence-electron chi connectivity index (χ2n) is 6.07. The summed E-state index contributed by atoms with van der Waals surface area (Å²) in [4.78, 5) is 15.4. The van der Waals surface area contributed by atoms with Crippen molar-refractivity contribution in [1.82, 2.24) is 25.6 Å². The lowest BCUT2D eigenvalue weighted by molar-refractivity contribution is -0.122. The number of carbonyl (C=O) groups excluding carboxylic acids is 1. The van der Waals surface area contributed by atoms with Crippen LogP contribution in [0, 0.1) is 0 Å². The fourth-order valence-corrected chi connectivity index (χ4v) is 2.80. The number of aromatic nitrogens is 4. The van der Waals surface area contributed by atoms with Gasteiger partial charge in [0, 0.05) is 18.7 Å². The number of methoxy groups -OCH3 is 2. The summed E-state index contributed by atoms with van der Waals surface area (Å²) in [6.45, 7) is 1.78. The molecule has 0 aliphatic carbocycles. The molecule has 1 N–H and O–H groups in total. The summed E-state index contributed by atoms with van der Waals surface area (Å²) in [6, 6.07) is 5.31. The molecule has 0 bridgehead atoms. The highest BCUT2D eigenvalue weighted by Gasteiger charge is 2.16. The molecule has 0 radical (unpaired) electrons. The van der Waals surface area contributed by atoms with Crippen molar-refractivity contribution in [2.45, 2.75) is 25.8 Å². The van der Waals surface area contributed by atoms with Gasteiger partial charge in [0.2, 0.25) is 0 Å². The van der Waals surface area contributed by atoms with Crippen molar-refractivity contribution in [2.75, 3.05) is 32.2 Å².